The molecule has 1 saturated carbocycles. The summed E-state index contributed by atoms with van der Waals surface area (Å²) in [5.41, 5.74) is 5.61. The monoisotopic (exact) mass is 200 g/mol. The van der Waals surface area contributed by atoms with Crippen LogP contribution >= 0.6 is 11.8 Å². The molecule has 0 unspecified atom stereocenters. The van der Waals surface area contributed by atoms with Gasteiger partial charge in [0.2, 0.25) is 11.8 Å². The number of imide groups is 1. The fraction of sp³-hybridized carbons (Fsp3) is 0.750. The van der Waals surface area contributed by atoms with Gasteiger partial charge in [-0.25, -0.2) is 0 Å². The van der Waals surface area contributed by atoms with E-state index in [1.54, 1.807) is 0 Å². The summed E-state index contributed by atoms with van der Waals surface area (Å²) in [6.07, 6.45) is 1.56. The van der Waals surface area contributed by atoms with Crippen LogP contribution in [0.4, 0.5) is 0 Å². The lowest BCUT2D eigenvalue weighted by Gasteiger charge is -2.41. The molecule has 2 aliphatic rings. The standard InChI is InChI=1S/C8H12N2O2S/c9-5-1-6(2-5)10-7(11)3-13-4-8(10)12/h5-6H,1-4,9H2. The molecule has 1 aliphatic carbocycles. The molecule has 4 nitrogen and oxygen atoms in total. The van der Waals surface area contributed by atoms with Crippen LogP contribution in [0.1, 0.15) is 12.8 Å². The van der Waals surface area contributed by atoms with Crippen molar-refractivity contribution in [3.05, 3.63) is 0 Å². The fourth-order valence-corrected chi connectivity index (χ4v) is 2.48. The van der Waals surface area contributed by atoms with Gasteiger partial charge in [-0.05, 0) is 12.8 Å². The van der Waals surface area contributed by atoms with E-state index >= 15 is 0 Å². The second kappa shape index (κ2) is 3.31. The summed E-state index contributed by atoms with van der Waals surface area (Å²) in [4.78, 5) is 24.2. The Balaban J connectivity index is 2.02. The first-order valence-corrected chi connectivity index (χ1v) is 5.52. The molecular formula is C8H12N2O2S. The predicted octanol–water partition coefficient (Wildman–Crippen LogP) is -0.422. The lowest BCUT2D eigenvalue weighted by Crippen LogP contribution is -2.57. The zero-order valence-corrected chi connectivity index (χ0v) is 8.05. The van der Waals surface area contributed by atoms with Crippen molar-refractivity contribution in [1.29, 1.82) is 0 Å². The highest BCUT2D eigenvalue weighted by molar-refractivity contribution is 8.00. The van der Waals surface area contributed by atoms with Crippen molar-refractivity contribution in [2.45, 2.75) is 24.9 Å². The normalized spacial score (nSPS) is 34.7. The molecule has 1 saturated heterocycles. The number of hydrogen-bond acceptors (Lipinski definition) is 4. The van der Waals surface area contributed by atoms with Crippen molar-refractivity contribution >= 4 is 23.6 Å². The van der Waals surface area contributed by atoms with Gasteiger partial charge in [0, 0.05) is 12.1 Å². The average Bonchev–Trinajstić information content (AvgIpc) is 2.00. The zero-order valence-electron chi connectivity index (χ0n) is 7.23. The summed E-state index contributed by atoms with van der Waals surface area (Å²) >= 11 is 1.40. The molecule has 0 aromatic carbocycles. The van der Waals surface area contributed by atoms with E-state index in [1.165, 1.54) is 16.7 Å². The Kier molecular flexibility index (Phi) is 2.29. The van der Waals surface area contributed by atoms with Crippen LogP contribution < -0.4 is 5.73 Å². The summed E-state index contributed by atoms with van der Waals surface area (Å²) < 4.78 is 0. The van der Waals surface area contributed by atoms with Crippen molar-refractivity contribution < 1.29 is 9.59 Å². The molecule has 0 atom stereocenters. The highest BCUT2D eigenvalue weighted by Crippen LogP contribution is 2.27. The van der Waals surface area contributed by atoms with E-state index in [0.29, 0.717) is 11.5 Å². The Morgan fingerprint density at radius 2 is 1.77 bits per heavy atom. The molecule has 2 amide bonds. The number of nitrogens with two attached hydrogens (primary N) is 1. The van der Waals surface area contributed by atoms with Gasteiger partial charge in [0.1, 0.15) is 0 Å². The van der Waals surface area contributed by atoms with Crippen LogP contribution in [0.25, 0.3) is 0 Å². The van der Waals surface area contributed by atoms with Gasteiger partial charge in [-0.1, -0.05) is 0 Å². The molecule has 1 aliphatic heterocycles. The number of amides is 2. The molecule has 0 bridgehead atoms. The van der Waals surface area contributed by atoms with Crippen molar-refractivity contribution in [3.8, 4) is 0 Å². The van der Waals surface area contributed by atoms with Crippen LogP contribution in [0.2, 0.25) is 0 Å². The fourth-order valence-electron chi connectivity index (χ4n) is 1.75. The number of nitrogens with zero attached hydrogens (tertiary/aromatic N) is 1. The summed E-state index contributed by atoms with van der Waals surface area (Å²) in [6.45, 7) is 0. The van der Waals surface area contributed by atoms with Crippen LogP contribution in [0, 0.1) is 0 Å². The lowest BCUT2D eigenvalue weighted by atomic mass is 9.86. The number of rotatable bonds is 1. The highest BCUT2D eigenvalue weighted by atomic mass is 32.2. The smallest absolute Gasteiger partial charge is 0.239 e. The highest BCUT2D eigenvalue weighted by Gasteiger charge is 2.39. The van der Waals surface area contributed by atoms with Crippen molar-refractivity contribution in [2.24, 2.45) is 5.73 Å². The van der Waals surface area contributed by atoms with E-state index in [9.17, 15) is 9.59 Å². The summed E-state index contributed by atoms with van der Waals surface area (Å²) in [7, 11) is 0. The van der Waals surface area contributed by atoms with E-state index < -0.39 is 0 Å². The Morgan fingerprint density at radius 1 is 1.23 bits per heavy atom. The van der Waals surface area contributed by atoms with Gasteiger partial charge < -0.3 is 5.73 Å². The topological polar surface area (TPSA) is 63.4 Å². The third kappa shape index (κ3) is 1.58. The minimum atomic E-state index is -0.0434. The minimum absolute atomic E-state index is 0.0434. The third-order valence-electron chi connectivity index (χ3n) is 2.50. The molecule has 0 radical (unpaired) electrons. The summed E-state index contributed by atoms with van der Waals surface area (Å²) in [6, 6.07) is 0.274. The molecule has 0 aromatic rings. The van der Waals surface area contributed by atoms with Gasteiger partial charge in [-0.15, -0.1) is 11.8 Å². The van der Waals surface area contributed by atoms with Gasteiger partial charge in [0.15, 0.2) is 0 Å². The molecule has 2 rings (SSSR count). The number of thioether (sulfide) groups is 1. The van der Waals surface area contributed by atoms with Crippen molar-refractivity contribution in [1.82, 2.24) is 4.90 Å². The molecule has 2 N–H and O–H groups in total. The molecule has 0 spiro atoms. The van der Waals surface area contributed by atoms with E-state index in [0.717, 1.165) is 12.8 Å². The first-order valence-electron chi connectivity index (χ1n) is 4.36. The van der Waals surface area contributed by atoms with Gasteiger partial charge in [0.25, 0.3) is 0 Å². The van der Waals surface area contributed by atoms with E-state index in [4.69, 9.17) is 5.73 Å². The first kappa shape index (κ1) is 9.02. The third-order valence-corrected chi connectivity index (χ3v) is 3.41. The van der Waals surface area contributed by atoms with Crippen LogP contribution in [-0.2, 0) is 9.59 Å². The second-order valence-electron chi connectivity index (χ2n) is 3.54. The summed E-state index contributed by atoms with van der Waals surface area (Å²) in [5, 5.41) is 0. The molecule has 0 aromatic heterocycles. The SMILES string of the molecule is NC1CC(N2C(=O)CSCC2=O)C1. The Labute approximate surface area is 80.8 Å². The maximum atomic E-state index is 11.4. The van der Waals surface area contributed by atoms with Crippen LogP contribution in [0.3, 0.4) is 0 Å². The molecule has 1 heterocycles. The molecule has 5 heteroatoms. The van der Waals surface area contributed by atoms with Gasteiger partial charge in [-0.2, -0.15) is 0 Å². The largest absolute Gasteiger partial charge is 0.328 e. The van der Waals surface area contributed by atoms with Crippen molar-refractivity contribution in [3.63, 3.8) is 0 Å². The van der Waals surface area contributed by atoms with Gasteiger partial charge >= 0.3 is 0 Å². The molecule has 13 heavy (non-hydrogen) atoms. The minimum Gasteiger partial charge on any atom is -0.328 e. The van der Waals surface area contributed by atoms with Crippen LogP contribution in [-0.4, -0.2) is 40.3 Å². The maximum absolute atomic E-state index is 11.4. The Morgan fingerprint density at radius 3 is 2.23 bits per heavy atom. The summed E-state index contributed by atoms with van der Waals surface area (Å²) in [5.74, 6) is 0.797. The predicted molar refractivity (Wildman–Crippen MR) is 50.2 cm³/mol. The van der Waals surface area contributed by atoms with Gasteiger partial charge in [-0.3, -0.25) is 14.5 Å². The molecule has 72 valence electrons. The van der Waals surface area contributed by atoms with Crippen LogP contribution in [0.5, 0.6) is 0 Å². The molecule has 2 fully saturated rings. The first-order chi connectivity index (χ1) is 6.18. The van der Waals surface area contributed by atoms with E-state index in [2.05, 4.69) is 0 Å². The lowest BCUT2D eigenvalue weighted by molar-refractivity contribution is -0.147. The van der Waals surface area contributed by atoms with Crippen molar-refractivity contribution in [2.75, 3.05) is 11.5 Å². The van der Waals surface area contributed by atoms with Gasteiger partial charge in [0.05, 0.1) is 11.5 Å². The van der Waals surface area contributed by atoms with E-state index in [1.807, 2.05) is 0 Å². The second-order valence-corrected chi connectivity index (χ2v) is 4.52. The maximum Gasteiger partial charge on any atom is 0.239 e. The van der Waals surface area contributed by atoms with E-state index in [-0.39, 0.29) is 23.9 Å². The Hall–Kier alpha value is -0.550. The average molecular weight is 200 g/mol. The molecular weight excluding hydrogens is 188 g/mol. The number of hydrogen-bond donors (Lipinski definition) is 1. The van der Waals surface area contributed by atoms with Crippen LogP contribution in [0.15, 0.2) is 0 Å². The number of carbonyl (C=O) groups is 2. The Bertz CT molecular complexity index is 235. The number of carbonyl (C=O) groups excluding carboxylic acids is 2. The zero-order chi connectivity index (χ0) is 9.42. The quantitative estimate of drug-likeness (QED) is 0.584.